The monoisotopic (exact) mass is 264 g/mol. The quantitative estimate of drug-likeness (QED) is 0.763. The molecule has 0 aromatic heterocycles. The Labute approximate surface area is 115 Å². The Kier molecular flexibility index (Phi) is 4.66. The zero-order valence-electron chi connectivity index (χ0n) is 11.8. The fraction of sp³-hybridized carbons (Fsp3) is 0.600. The van der Waals surface area contributed by atoms with Crippen LogP contribution in [0.15, 0.2) is 18.2 Å². The summed E-state index contributed by atoms with van der Waals surface area (Å²) in [7, 11) is 0. The van der Waals surface area contributed by atoms with Gasteiger partial charge in [-0.3, -0.25) is 4.90 Å². The van der Waals surface area contributed by atoms with Crippen LogP contribution in [0.1, 0.15) is 38.3 Å². The van der Waals surface area contributed by atoms with Gasteiger partial charge in [-0.1, -0.05) is 13.0 Å². The predicted octanol–water partition coefficient (Wildman–Crippen LogP) is 2.23. The number of rotatable bonds is 5. The van der Waals surface area contributed by atoms with Crippen molar-refractivity contribution >= 4 is 0 Å². The summed E-state index contributed by atoms with van der Waals surface area (Å²) in [4.78, 5) is 2.38. The standard InChI is InChI=1S/C15H24N2O2/c1-3-9-17(12-7-8-16-10-12)11(2)15-13(18)5-4-6-14(15)19/h4-6,11-12,16,18-19H,3,7-10H2,1-2H3. The highest BCUT2D eigenvalue weighted by molar-refractivity contribution is 5.45. The van der Waals surface area contributed by atoms with E-state index in [4.69, 9.17) is 0 Å². The number of phenols is 2. The van der Waals surface area contributed by atoms with Gasteiger partial charge < -0.3 is 15.5 Å². The summed E-state index contributed by atoms with van der Waals surface area (Å²) in [5.41, 5.74) is 0.642. The Hall–Kier alpha value is -1.26. The smallest absolute Gasteiger partial charge is 0.124 e. The second-order valence-corrected chi connectivity index (χ2v) is 5.27. The Morgan fingerprint density at radius 3 is 2.58 bits per heavy atom. The molecule has 4 nitrogen and oxygen atoms in total. The Bertz CT molecular complexity index is 396. The molecule has 106 valence electrons. The molecule has 3 N–H and O–H groups in total. The molecule has 0 spiro atoms. The van der Waals surface area contributed by atoms with Crippen molar-refractivity contribution in [1.82, 2.24) is 10.2 Å². The first-order chi connectivity index (χ1) is 9.15. The summed E-state index contributed by atoms with van der Waals surface area (Å²) in [5.74, 6) is 0.360. The molecular weight excluding hydrogens is 240 g/mol. The first-order valence-electron chi connectivity index (χ1n) is 7.12. The van der Waals surface area contributed by atoms with Gasteiger partial charge >= 0.3 is 0 Å². The average molecular weight is 264 g/mol. The maximum absolute atomic E-state index is 10.0. The van der Waals surface area contributed by atoms with E-state index in [1.54, 1.807) is 18.2 Å². The van der Waals surface area contributed by atoms with Crippen molar-refractivity contribution in [1.29, 1.82) is 0 Å². The summed E-state index contributed by atoms with van der Waals surface area (Å²) >= 11 is 0. The van der Waals surface area contributed by atoms with E-state index in [1.165, 1.54) is 0 Å². The van der Waals surface area contributed by atoms with E-state index in [2.05, 4.69) is 24.1 Å². The van der Waals surface area contributed by atoms with Crippen molar-refractivity contribution in [3.05, 3.63) is 23.8 Å². The lowest BCUT2D eigenvalue weighted by Crippen LogP contribution is -2.39. The summed E-state index contributed by atoms with van der Waals surface area (Å²) in [6, 6.07) is 5.45. The van der Waals surface area contributed by atoms with Crippen LogP contribution in [0, 0.1) is 0 Å². The van der Waals surface area contributed by atoms with Gasteiger partial charge in [0.15, 0.2) is 0 Å². The lowest BCUT2D eigenvalue weighted by Gasteiger charge is -2.34. The molecule has 1 heterocycles. The van der Waals surface area contributed by atoms with Gasteiger partial charge in [0.05, 0.1) is 5.56 Å². The van der Waals surface area contributed by atoms with E-state index < -0.39 is 0 Å². The highest BCUT2D eigenvalue weighted by atomic mass is 16.3. The van der Waals surface area contributed by atoms with Crippen LogP contribution in [-0.4, -0.2) is 40.8 Å². The summed E-state index contributed by atoms with van der Waals surface area (Å²) < 4.78 is 0. The van der Waals surface area contributed by atoms with Gasteiger partial charge in [0, 0.05) is 18.6 Å². The van der Waals surface area contributed by atoms with Crippen molar-refractivity contribution in [2.75, 3.05) is 19.6 Å². The molecule has 0 radical (unpaired) electrons. The summed E-state index contributed by atoms with van der Waals surface area (Å²) in [5, 5.41) is 23.4. The van der Waals surface area contributed by atoms with E-state index >= 15 is 0 Å². The Morgan fingerprint density at radius 1 is 1.37 bits per heavy atom. The van der Waals surface area contributed by atoms with E-state index in [9.17, 15) is 10.2 Å². The molecule has 0 bridgehead atoms. The Morgan fingerprint density at radius 2 is 2.05 bits per heavy atom. The minimum atomic E-state index is 0.0195. The molecule has 1 fully saturated rings. The molecule has 2 rings (SSSR count). The SMILES string of the molecule is CCCN(C1CCNC1)C(C)c1c(O)cccc1O. The number of hydrogen-bond donors (Lipinski definition) is 3. The van der Waals surface area contributed by atoms with Crippen molar-refractivity contribution in [2.24, 2.45) is 0 Å². The van der Waals surface area contributed by atoms with Crippen molar-refractivity contribution in [3.8, 4) is 11.5 Å². The molecule has 4 heteroatoms. The van der Waals surface area contributed by atoms with Gasteiger partial charge in [0.1, 0.15) is 11.5 Å². The van der Waals surface area contributed by atoms with Gasteiger partial charge in [-0.2, -0.15) is 0 Å². The number of hydrogen-bond acceptors (Lipinski definition) is 4. The van der Waals surface area contributed by atoms with E-state index in [-0.39, 0.29) is 17.5 Å². The van der Waals surface area contributed by atoms with Gasteiger partial charge in [-0.15, -0.1) is 0 Å². The van der Waals surface area contributed by atoms with Gasteiger partial charge in [0.2, 0.25) is 0 Å². The summed E-state index contributed by atoms with van der Waals surface area (Å²) in [6.07, 6.45) is 2.19. The number of nitrogens with zero attached hydrogens (tertiary/aromatic N) is 1. The normalized spacial score (nSPS) is 20.9. The second-order valence-electron chi connectivity index (χ2n) is 5.27. The first kappa shape index (κ1) is 14.2. The number of benzene rings is 1. The topological polar surface area (TPSA) is 55.7 Å². The number of phenolic OH excluding ortho intramolecular Hbond substituents is 2. The molecule has 1 aliphatic rings. The number of aromatic hydroxyl groups is 2. The molecule has 0 aliphatic carbocycles. The fourth-order valence-electron chi connectivity index (χ4n) is 3.01. The van der Waals surface area contributed by atoms with Crippen LogP contribution in [0.25, 0.3) is 0 Å². The van der Waals surface area contributed by atoms with Crippen LogP contribution >= 0.6 is 0 Å². The molecule has 0 amide bonds. The van der Waals surface area contributed by atoms with E-state index in [1.807, 2.05) is 0 Å². The van der Waals surface area contributed by atoms with Crippen LogP contribution in [0.2, 0.25) is 0 Å². The van der Waals surface area contributed by atoms with Crippen LogP contribution in [0.3, 0.4) is 0 Å². The molecule has 1 aliphatic heterocycles. The van der Waals surface area contributed by atoms with Gasteiger partial charge in [-0.25, -0.2) is 0 Å². The lowest BCUT2D eigenvalue weighted by molar-refractivity contribution is 0.149. The summed E-state index contributed by atoms with van der Waals surface area (Å²) in [6.45, 7) is 7.22. The van der Waals surface area contributed by atoms with E-state index in [0.717, 1.165) is 32.5 Å². The predicted molar refractivity (Wildman–Crippen MR) is 76.5 cm³/mol. The third-order valence-corrected chi connectivity index (χ3v) is 3.96. The molecular formula is C15H24N2O2. The zero-order valence-corrected chi connectivity index (χ0v) is 11.8. The van der Waals surface area contributed by atoms with Gasteiger partial charge in [0.25, 0.3) is 0 Å². The third-order valence-electron chi connectivity index (χ3n) is 3.96. The zero-order chi connectivity index (χ0) is 13.8. The maximum atomic E-state index is 10.0. The highest BCUT2D eigenvalue weighted by Gasteiger charge is 2.29. The highest BCUT2D eigenvalue weighted by Crippen LogP contribution is 2.36. The second kappa shape index (κ2) is 6.26. The Balaban J connectivity index is 2.25. The van der Waals surface area contributed by atoms with Crippen LogP contribution < -0.4 is 5.32 Å². The molecule has 1 aromatic rings. The molecule has 1 aromatic carbocycles. The lowest BCUT2D eigenvalue weighted by atomic mass is 10.0. The molecule has 2 unspecified atom stereocenters. The van der Waals surface area contributed by atoms with Gasteiger partial charge in [-0.05, 0) is 45.0 Å². The minimum Gasteiger partial charge on any atom is -0.507 e. The van der Waals surface area contributed by atoms with Crippen molar-refractivity contribution < 1.29 is 10.2 Å². The number of nitrogens with one attached hydrogen (secondary N) is 1. The largest absolute Gasteiger partial charge is 0.507 e. The van der Waals surface area contributed by atoms with E-state index in [0.29, 0.717) is 11.6 Å². The van der Waals surface area contributed by atoms with Crippen LogP contribution in [0.4, 0.5) is 0 Å². The van der Waals surface area contributed by atoms with Crippen LogP contribution in [-0.2, 0) is 0 Å². The molecule has 2 atom stereocenters. The molecule has 0 saturated carbocycles. The molecule has 19 heavy (non-hydrogen) atoms. The first-order valence-corrected chi connectivity index (χ1v) is 7.12. The minimum absolute atomic E-state index is 0.0195. The van der Waals surface area contributed by atoms with Crippen LogP contribution in [0.5, 0.6) is 11.5 Å². The average Bonchev–Trinajstić information content (AvgIpc) is 2.89. The fourth-order valence-corrected chi connectivity index (χ4v) is 3.01. The maximum Gasteiger partial charge on any atom is 0.124 e. The third kappa shape index (κ3) is 3.01. The van der Waals surface area contributed by atoms with Crippen molar-refractivity contribution in [2.45, 2.75) is 38.8 Å². The molecule has 1 saturated heterocycles. The van der Waals surface area contributed by atoms with Crippen molar-refractivity contribution in [3.63, 3.8) is 0 Å².